The van der Waals surface area contributed by atoms with Crippen LogP contribution in [0.2, 0.25) is 0 Å². The highest BCUT2D eigenvalue weighted by molar-refractivity contribution is 5.33. The van der Waals surface area contributed by atoms with Gasteiger partial charge in [-0.05, 0) is 18.9 Å². The summed E-state index contributed by atoms with van der Waals surface area (Å²) >= 11 is 0. The van der Waals surface area contributed by atoms with Crippen molar-refractivity contribution in [3.8, 4) is 5.75 Å². The minimum Gasteiger partial charge on any atom is -0.434 e. The lowest BCUT2D eigenvalue weighted by Gasteiger charge is -2.37. The van der Waals surface area contributed by atoms with E-state index in [1.54, 1.807) is 18.2 Å². The Balaban J connectivity index is 2.02. The van der Waals surface area contributed by atoms with Crippen molar-refractivity contribution >= 4 is 0 Å². The third-order valence-corrected chi connectivity index (χ3v) is 3.96. The lowest BCUT2D eigenvalue weighted by Crippen LogP contribution is -2.49. The van der Waals surface area contributed by atoms with Gasteiger partial charge < -0.3 is 15.2 Å². The number of halogens is 2. The molecule has 0 amide bonds. The number of aliphatic hydroxyl groups excluding tert-OH is 1. The maximum Gasteiger partial charge on any atom is 0.387 e. The van der Waals surface area contributed by atoms with E-state index in [1.807, 2.05) is 0 Å². The summed E-state index contributed by atoms with van der Waals surface area (Å²) in [5.74, 6) is 0.193. The van der Waals surface area contributed by atoms with Crippen molar-refractivity contribution in [2.45, 2.75) is 50.8 Å². The predicted octanol–water partition coefficient (Wildman–Crippen LogP) is 3.07. The van der Waals surface area contributed by atoms with Crippen molar-refractivity contribution in [2.24, 2.45) is 0 Å². The van der Waals surface area contributed by atoms with Gasteiger partial charge in [0.1, 0.15) is 5.75 Å². The highest BCUT2D eigenvalue weighted by atomic mass is 19.3. The van der Waals surface area contributed by atoms with Crippen LogP contribution in [0.1, 0.15) is 37.7 Å². The first-order valence-electron chi connectivity index (χ1n) is 7.04. The van der Waals surface area contributed by atoms with Gasteiger partial charge >= 0.3 is 6.61 Å². The van der Waals surface area contributed by atoms with E-state index in [9.17, 15) is 13.9 Å². The second-order valence-electron chi connectivity index (χ2n) is 5.34. The highest BCUT2D eigenvalue weighted by Gasteiger charge is 2.30. The van der Waals surface area contributed by atoms with Gasteiger partial charge in [0, 0.05) is 17.6 Å². The van der Waals surface area contributed by atoms with Crippen molar-refractivity contribution in [1.29, 1.82) is 0 Å². The zero-order chi connectivity index (χ0) is 14.4. The van der Waals surface area contributed by atoms with Crippen molar-refractivity contribution in [2.75, 3.05) is 6.61 Å². The number of alkyl halides is 2. The molecule has 5 heteroatoms. The zero-order valence-electron chi connectivity index (χ0n) is 11.4. The van der Waals surface area contributed by atoms with Gasteiger partial charge in [0.15, 0.2) is 0 Å². The quantitative estimate of drug-likeness (QED) is 0.844. The molecule has 112 valence electrons. The average molecular weight is 285 g/mol. The smallest absolute Gasteiger partial charge is 0.387 e. The molecule has 20 heavy (non-hydrogen) atoms. The first kappa shape index (κ1) is 15.2. The molecule has 1 aromatic rings. The normalized spacial score (nSPS) is 18.2. The van der Waals surface area contributed by atoms with E-state index in [0.29, 0.717) is 12.1 Å². The van der Waals surface area contributed by atoms with Crippen LogP contribution in [-0.2, 0) is 6.54 Å². The molecule has 2 rings (SSSR count). The lowest BCUT2D eigenvalue weighted by atomic mass is 9.82. The van der Waals surface area contributed by atoms with E-state index in [-0.39, 0.29) is 17.9 Å². The van der Waals surface area contributed by atoms with E-state index in [2.05, 4.69) is 10.1 Å². The Morgan fingerprint density at radius 1 is 1.20 bits per heavy atom. The number of aliphatic hydroxyl groups is 1. The molecule has 1 fully saturated rings. The Bertz CT molecular complexity index is 420. The number of nitrogens with one attached hydrogen (secondary N) is 1. The van der Waals surface area contributed by atoms with Crippen molar-refractivity contribution in [3.63, 3.8) is 0 Å². The second kappa shape index (κ2) is 6.99. The molecule has 0 heterocycles. The fraction of sp³-hybridized carbons (Fsp3) is 0.600. The number of ether oxygens (including phenoxy) is 1. The standard InChI is InChI=1S/C15H21F2NO2/c16-14(17)20-13-7-3-2-6-12(13)10-18-15(11-19)8-4-1-5-9-15/h2-3,6-7,14,18-19H,1,4-5,8-11H2. The molecule has 2 N–H and O–H groups in total. The maximum atomic E-state index is 12.4. The first-order valence-corrected chi connectivity index (χ1v) is 7.04. The monoisotopic (exact) mass is 285 g/mol. The molecule has 0 aliphatic heterocycles. The molecule has 3 nitrogen and oxygen atoms in total. The Labute approximate surface area is 117 Å². The molecule has 0 radical (unpaired) electrons. The number of benzene rings is 1. The fourth-order valence-electron chi connectivity index (χ4n) is 2.76. The van der Waals surface area contributed by atoms with Gasteiger partial charge in [0.25, 0.3) is 0 Å². The zero-order valence-corrected chi connectivity index (χ0v) is 11.4. The first-order chi connectivity index (χ1) is 9.65. The largest absolute Gasteiger partial charge is 0.434 e. The number of hydrogen-bond donors (Lipinski definition) is 2. The minimum atomic E-state index is -2.82. The third-order valence-electron chi connectivity index (χ3n) is 3.96. The van der Waals surface area contributed by atoms with Crippen LogP contribution in [-0.4, -0.2) is 23.9 Å². The van der Waals surface area contributed by atoms with E-state index in [1.165, 1.54) is 12.5 Å². The second-order valence-corrected chi connectivity index (χ2v) is 5.34. The molecular weight excluding hydrogens is 264 g/mol. The van der Waals surface area contributed by atoms with Gasteiger partial charge in [-0.1, -0.05) is 37.5 Å². The van der Waals surface area contributed by atoms with Crippen LogP contribution in [0.25, 0.3) is 0 Å². The molecule has 0 spiro atoms. The van der Waals surface area contributed by atoms with Crippen LogP contribution in [0, 0.1) is 0 Å². The van der Waals surface area contributed by atoms with Crippen LogP contribution < -0.4 is 10.1 Å². The lowest BCUT2D eigenvalue weighted by molar-refractivity contribution is -0.0505. The number of para-hydroxylation sites is 1. The van der Waals surface area contributed by atoms with Crippen molar-refractivity contribution in [3.05, 3.63) is 29.8 Å². The third kappa shape index (κ3) is 3.90. The summed E-state index contributed by atoms with van der Waals surface area (Å²) in [7, 11) is 0. The van der Waals surface area contributed by atoms with E-state index in [0.717, 1.165) is 25.7 Å². The minimum absolute atomic E-state index is 0.0743. The fourth-order valence-corrected chi connectivity index (χ4v) is 2.76. The van der Waals surface area contributed by atoms with Gasteiger partial charge in [0.05, 0.1) is 6.61 Å². The summed E-state index contributed by atoms with van der Waals surface area (Å²) in [5, 5.41) is 13.0. The van der Waals surface area contributed by atoms with Crippen LogP contribution >= 0.6 is 0 Å². The van der Waals surface area contributed by atoms with Gasteiger partial charge in [0.2, 0.25) is 0 Å². The molecule has 0 aromatic heterocycles. The summed E-state index contributed by atoms with van der Waals surface area (Å²) < 4.78 is 29.2. The Kier molecular flexibility index (Phi) is 5.31. The van der Waals surface area contributed by atoms with E-state index >= 15 is 0 Å². The van der Waals surface area contributed by atoms with E-state index in [4.69, 9.17) is 0 Å². The molecule has 0 saturated heterocycles. The molecule has 0 unspecified atom stereocenters. The average Bonchev–Trinajstić information content (AvgIpc) is 2.47. The van der Waals surface area contributed by atoms with Crippen LogP contribution in [0.15, 0.2) is 24.3 Å². The van der Waals surface area contributed by atoms with Crippen LogP contribution in [0.5, 0.6) is 5.75 Å². The SMILES string of the molecule is OCC1(NCc2ccccc2OC(F)F)CCCCC1. The van der Waals surface area contributed by atoms with Crippen LogP contribution in [0.3, 0.4) is 0 Å². The Morgan fingerprint density at radius 2 is 1.90 bits per heavy atom. The molecule has 1 saturated carbocycles. The summed E-state index contributed by atoms with van der Waals surface area (Å²) in [5.41, 5.74) is 0.405. The van der Waals surface area contributed by atoms with Crippen molar-refractivity contribution in [1.82, 2.24) is 5.32 Å². The predicted molar refractivity (Wildman–Crippen MR) is 72.8 cm³/mol. The number of rotatable bonds is 6. The Morgan fingerprint density at radius 3 is 2.55 bits per heavy atom. The molecule has 0 bridgehead atoms. The summed E-state index contributed by atoms with van der Waals surface area (Å²) in [6.45, 7) is -2.33. The highest BCUT2D eigenvalue weighted by Crippen LogP contribution is 2.29. The molecule has 1 aromatic carbocycles. The summed E-state index contributed by atoms with van der Waals surface area (Å²) in [4.78, 5) is 0. The summed E-state index contributed by atoms with van der Waals surface area (Å²) in [6, 6.07) is 6.76. The van der Waals surface area contributed by atoms with Gasteiger partial charge in [-0.15, -0.1) is 0 Å². The number of hydrogen-bond acceptors (Lipinski definition) is 3. The molecule has 0 atom stereocenters. The Hall–Kier alpha value is -1.20. The molecule has 1 aliphatic carbocycles. The van der Waals surface area contributed by atoms with E-state index < -0.39 is 6.61 Å². The van der Waals surface area contributed by atoms with Gasteiger partial charge in [-0.25, -0.2) is 0 Å². The summed E-state index contributed by atoms with van der Waals surface area (Å²) in [6.07, 6.45) is 5.20. The van der Waals surface area contributed by atoms with Crippen molar-refractivity contribution < 1.29 is 18.6 Å². The van der Waals surface area contributed by atoms with Gasteiger partial charge in [-0.3, -0.25) is 0 Å². The maximum absolute atomic E-state index is 12.4. The molecular formula is C15H21F2NO2. The van der Waals surface area contributed by atoms with Crippen LogP contribution in [0.4, 0.5) is 8.78 Å². The topological polar surface area (TPSA) is 41.5 Å². The molecule has 1 aliphatic rings. The van der Waals surface area contributed by atoms with Gasteiger partial charge in [-0.2, -0.15) is 8.78 Å².